The lowest BCUT2D eigenvalue weighted by Crippen LogP contribution is -2.54. The Kier molecular flexibility index (Phi) is 7.10. The Hall–Kier alpha value is -2.33. The summed E-state index contributed by atoms with van der Waals surface area (Å²) in [5, 5.41) is 2.78. The molecule has 1 fully saturated rings. The van der Waals surface area contributed by atoms with Gasteiger partial charge >= 0.3 is 6.09 Å². The minimum absolute atomic E-state index is 0.0461. The number of nitrogens with zero attached hydrogens (tertiary/aromatic N) is 1. The molecule has 1 aliphatic rings. The monoisotopic (exact) mass is 467 g/mol. The van der Waals surface area contributed by atoms with Gasteiger partial charge in [-0.05, 0) is 50.2 Å². The van der Waals surface area contributed by atoms with E-state index < -0.39 is 21.8 Å². The fourth-order valence-electron chi connectivity index (χ4n) is 3.22. The van der Waals surface area contributed by atoms with Gasteiger partial charge in [0, 0.05) is 31.6 Å². The number of benzene rings is 2. The zero-order valence-electron chi connectivity index (χ0n) is 17.4. The van der Waals surface area contributed by atoms with Crippen LogP contribution < -0.4 is 15.8 Å². The van der Waals surface area contributed by atoms with Crippen molar-refractivity contribution in [3.8, 4) is 5.75 Å². The van der Waals surface area contributed by atoms with E-state index in [1.165, 1.54) is 16.4 Å². The molecule has 2 aromatic rings. The first kappa shape index (κ1) is 23.3. The summed E-state index contributed by atoms with van der Waals surface area (Å²) in [6, 6.07) is 13.1. The highest BCUT2D eigenvalue weighted by atomic mass is 35.5. The molecule has 0 saturated carbocycles. The zero-order valence-corrected chi connectivity index (χ0v) is 18.9. The van der Waals surface area contributed by atoms with Gasteiger partial charge in [-0.3, -0.25) is 11.1 Å². The van der Waals surface area contributed by atoms with Crippen molar-refractivity contribution in [3.63, 3.8) is 0 Å². The number of nitrogens with one attached hydrogen (secondary N) is 1. The van der Waals surface area contributed by atoms with Gasteiger partial charge in [-0.2, -0.15) is 4.31 Å². The third-order valence-corrected chi connectivity index (χ3v) is 7.19. The number of hydrogen-bond donors (Lipinski definition) is 2. The summed E-state index contributed by atoms with van der Waals surface area (Å²) < 4.78 is 38.0. The SMILES string of the molecule is CC(C)Oc1ccc(NC(=O)OC2(N)CCN(S(=O)(=O)c3ccccc3Cl)CC2)cc1. The summed E-state index contributed by atoms with van der Waals surface area (Å²) in [5.74, 6) is 0.691. The highest BCUT2D eigenvalue weighted by Gasteiger charge is 2.39. The molecule has 168 valence electrons. The molecule has 8 nitrogen and oxygen atoms in total. The van der Waals surface area contributed by atoms with Gasteiger partial charge in [0.1, 0.15) is 10.6 Å². The molecule has 0 radical (unpaired) electrons. The molecular weight excluding hydrogens is 442 g/mol. The lowest BCUT2D eigenvalue weighted by molar-refractivity contribution is -0.0116. The maximum atomic E-state index is 12.8. The Morgan fingerprint density at radius 3 is 2.32 bits per heavy atom. The largest absolute Gasteiger partial charge is 0.491 e. The minimum atomic E-state index is -3.75. The second kappa shape index (κ2) is 9.44. The van der Waals surface area contributed by atoms with Crippen molar-refractivity contribution in [3.05, 3.63) is 53.6 Å². The van der Waals surface area contributed by atoms with Crippen molar-refractivity contribution in [2.75, 3.05) is 18.4 Å². The Bertz CT molecular complexity index is 1020. The number of nitrogens with two attached hydrogens (primary N) is 1. The van der Waals surface area contributed by atoms with E-state index in [2.05, 4.69) is 5.32 Å². The molecule has 0 bridgehead atoms. The van der Waals surface area contributed by atoms with Gasteiger partial charge in [-0.25, -0.2) is 13.2 Å². The maximum absolute atomic E-state index is 12.8. The number of hydrogen-bond acceptors (Lipinski definition) is 6. The standard InChI is InChI=1S/C21H26ClN3O5S/c1-15(2)29-17-9-7-16(8-10-17)24-20(26)30-21(23)11-13-25(14-12-21)31(27,28)19-6-4-3-5-18(19)22/h3-10,15H,11-14,23H2,1-2H3,(H,24,26). The number of amides is 1. The lowest BCUT2D eigenvalue weighted by Gasteiger charge is -2.37. The number of carbonyl (C=O) groups is 1. The van der Waals surface area contributed by atoms with E-state index in [1.54, 1.807) is 36.4 Å². The van der Waals surface area contributed by atoms with Gasteiger partial charge in [-0.15, -0.1) is 0 Å². The first-order valence-electron chi connectivity index (χ1n) is 9.89. The van der Waals surface area contributed by atoms with Crippen LogP contribution in [0.15, 0.2) is 53.4 Å². The predicted octanol–water partition coefficient (Wildman–Crippen LogP) is 3.82. The minimum Gasteiger partial charge on any atom is -0.491 e. The summed E-state index contributed by atoms with van der Waals surface area (Å²) in [5.41, 5.74) is 5.48. The third-order valence-electron chi connectivity index (χ3n) is 4.79. The van der Waals surface area contributed by atoms with E-state index in [9.17, 15) is 13.2 Å². The van der Waals surface area contributed by atoms with Gasteiger partial charge in [0.15, 0.2) is 5.72 Å². The molecule has 0 atom stereocenters. The van der Waals surface area contributed by atoms with E-state index in [4.69, 9.17) is 26.8 Å². The number of piperidine rings is 1. The fourth-order valence-corrected chi connectivity index (χ4v) is 5.15. The number of anilines is 1. The van der Waals surface area contributed by atoms with Crippen LogP contribution in [-0.2, 0) is 14.8 Å². The van der Waals surface area contributed by atoms with Crippen LogP contribution >= 0.6 is 11.6 Å². The van der Waals surface area contributed by atoms with Gasteiger partial charge < -0.3 is 9.47 Å². The second-order valence-corrected chi connectivity index (χ2v) is 9.92. The maximum Gasteiger partial charge on any atom is 0.413 e. The molecule has 0 spiro atoms. The van der Waals surface area contributed by atoms with Gasteiger partial charge in [0.2, 0.25) is 10.0 Å². The highest BCUT2D eigenvalue weighted by molar-refractivity contribution is 7.89. The highest BCUT2D eigenvalue weighted by Crippen LogP contribution is 2.29. The van der Waals surface area contributed by atoms with Crippen LogP contribution in [-0.4, -0.2) is 43.7 Å². The van der Waals surface area contributed by atoms with Crippen LogP contribution in [0.1, 0.15) is 26.7 Å². The van der Waals surface area contributed by atoms with E-state index >= 15 is 0 Å². The molecule has 0 aromatic heterocycles. The van der Waals surface area contributed by atoms with Crippen LogP contribution in [0.2, 0.25) is 5.02 Å². The second-order valence-electron chi connectivity index (χ2n) is 7.60. The topological polar surface area (TPSA) is 111 Å². The van der Waals surface area contributed by atoms with E-state index in [-0.39, 0.29) is 42.0 Å². The smallest absolute Gasteiger partial charge is 0.413 e. The molecule has 0 unspecified atom stereocenters. The van der Waals surface area contributed by atoms with Crippen LogP contribution in [0.3, 0.4) is 0 Å². The van der Waals surface area contributed by atoms with Crippen molar-refractivity contribution in [1.29, 1.82) is 0 Å². The Balaban J connectivity index is 1.57. The van der Waals surface area contributed by atoms with Crippen LogP contribution in [0.4, 0.5) is 10.5 Å². The number of ether oxygens (including phenoxy) is 2. The van der Waals surface area contributed by atoms with Crippen LogP contribution in [0, 0.1) is 0 Å². The molecule has 3 rings (SSSR count). The summed E-state index contributed by atoms with van der Waals surface area (Å²) in [6.07, 6.45) is -0.341. The van der Waals surface area contributed by atoms with Crippen molar-refractivity contribution in [2.24, 2.45) is 5.73 Å². The Morgan fingerprint density at radius 1 is 1.13 bits per heavy atom. The molecule has 2 aromatic carbocycles. The summed E-state index contributed by atoms with van der Waals surface area (Å²) >= 11 is 6.05. The van der Waals surface area contributed by atoms with Crippen LogP contribution in [0.5, 0.6) is 5.75 Å². The fraction of sp³-hybridized carbons (Fsp3) is 0.381. The third kappa shape index (κ3) is 5.88. The first-order chi connectivity index (χ1) is 14.6. The van der Waals surface area contributed by atoms with Crippen molar-refractivity contribution in [2.45, 2.75) is 43.4 Å². The van der Waals surface area contributed by atoms with Gasteiger partial charge in [0.25, 0.3) is 0 Å². The molecule has 1 saturated heterocycles. The van der Waals surface area contributed by atoms with Gasteiger partial charge in [-0.1, -0.05) is 23.7 Å². The molecule has 1 amide bonds. The number of halogens is 1. The molecule has 31 heavy (non-hydrogen) atoms. The normalized spacial score (nSPS) is 16.7. The molecule has 1 aliphatic heterocycles. The van der Waals surface area contributed by atoms with E-state index in [1.807, 2.05) is 13.8 Å². The van der Waals surface area contributed by atoms with Crippen molar-refractivity contribution in [1.82, 2.24) is 4.31 Å². The Labute approximate surface area is 187 Å². The molecule has 10 heteroatoms. The Morgan fingerprint density at radius 2 is 1.74 bits per heavy atom. The average molecular weight is 468 g/mol. The number of sulfonamides is 1. The first-order valence-corrected chi connectivity index (χ1v) is 11.7. The van der Waals surface area contributed by atoms with Crippen molar-refractivity contribution >= 4 is 33.4 Å². The van der Waals surface area contributed by atoms with E-state index in [0.29, 0.717) is 11.4 Å². The quantitative estimate of drug-likeness (QED) is 0.625. The predicted molar refractivity (Wildman–Crippen MR) is 119 cm³/mol. The molecule has 3 N–H and O–H groups in total. The zero-order chi connectivity index (χ0) is 22.6. The summed E-state index contributed by atoms with van der Waals surface area (Å²) in [4.78, 5) is 12.3. The lowest BCUT2D eigenvalue weighted by atomic mass is 10.0. The number of carbonyl (C=O) groups excluding carboxylic acids is 1. The average Bonchev–Trinajstić information content (AvgIpc) is 2.69. The summed E-state index contributed by atoms with van der Waals surface area (Å²) in [6.45, 7) is 4.07. The van der Waals surface area contributed by atoms with Gasteiger partial charge in [0.05, 0.1) is 11.1 Å². The summed E-state index contributed by atoms with van der Waals surface area (Å²) in [7, 11) is -3.75. The molecule has 1 heterocycles. The molecular formula is C21H26ClN3O5S. The van der Waals surface area contributed by atoms with E-state index in [0.717, 1.165) is 0 Å². The molecule has 0 aliphatic carbocycles. The van der Waals surface area contributed by atoms with Crippen molar-refractivity contribution < 1.29 is 22.7 Å². The number of rotatable bonds is 6. The van der Waals surface area contributed by atoms with Crippen LogP contribution in [0.25, 0.3) is 0 Å².